The minimum Gasteiger partial charge on any atom is -0.453 e. The summed E-state index contributed by atoms with van der Waals surface area (Å²) in [7, 11) is 0. The van der Waals surface area contributed by atoms with Crippen molar-refractivity contribution in [3.8, 4) is 0 Å². The van der Waals surface area contributed by atoms with Gasteiger partial charge in [-0.2, -0.15) is 13.2 Å². The summed E-state index contributed by atoms with van der Waals surface area (Å²) in [4.78, 5) is 11.3. The predicted octanol–water partition coefficient (Wildman–Crippen LogP) is 4.09. The molecule has 0 spiro atoms. The van der Waals surface area contributed by atoms with Crippen LogP contribution in [0.15, 0.2) is 0 Å². The van der Waals surface area contributed by atoms with Crippen LogP contribution in [0.25, 0.3) is 0 Å². The Balaban J connectivity index is 4.23. The Morgan fingerprint density at radius 1 is 1.24 bits per heavy atom. The Labute approximate surface area is 101 Å². The monoisotopic (exact) mass is 254 g/mol. The van der Waals surface area contributed by atoms with Crippen LogP contribution in [0.5, 0.6) is 0 Å². The summed E-state index contributed by atoms with van der Waals surface area (Å²) in [6.45, 7) is 7.40. The topological polar surface area (TPSA) is 26.3 Å². The maximum atomic E-state index is 12.5. The summed E-state index contributed by atoms with van der Waals surface area (Å²) in [5, 5.41) is 0. The fraction of sp³-hybridized carbons (Fsp3) is 0.917. The summed E-state index contributed by atoms with van der Waals surface area (Å²) in [6.07, 6.45) is -5.73. The second-order valence-corrected chi connectivity index (χ2v) is 5.37. The fourth-order valence-electron chi connectivity index (χ4n) is 1.25. The molecule has 0 amide bonds. The maximum Gasteiger partial charge on any atom is 0.425 e. The molecule has 2 nitrogen and oxygen atoms in total. The number of hydrogen-bond donors (Lipinski definition) is 0. The first-order valence-electron chi connectivity index (χ1n) is 5.82. The van der Waals surface area contributed by atoms with Crippen molar-refractivity contribution in [1.29, 1.82) is 0 Å². The molecule has 0 aliphatic heterocycles. The van der Waals surface area contributed by atoms with E-state index < -0.39 is 18.2 Å². The zero-order chi connectivity index (χ0) is 13.7. The van der Waals surface area contributed by atoms with Gasteiger partial charge in [0, 0.05) is 6.42 Å². The van der Waals surface area contributed by atoms with E-state index in [-0.39, 0.29) is 18.3 Å². The van der Waals surface area contributed by atoms with E-state index >= 15 is 0 Å². The average Bonchev–Trinajstić information content (AvgIpc) is 2.11. The molecule has 1 atom stereocenters. The summed E-state index contributed by atoms with van der Waals surface area (Å²) in [6, 6.07) is 0. The molecule has 0 heterocycles. The van der Waals surface area contributed by atoms with Gasteiger partial charge in [0.25, 0.3) is 0 Å². The molecule has 0 saturated heterocycles. The molecule has 0 saturated carbocycles. The number of ether oxygens (including phenoxy) is 1. The first-order valence-corrected chi connectivity index (χ1v) is 5.82. The molecule has 0 bridgehead atoms. The lowest BCUT2D eigenvalue weighted by atomic mass is 9.91. The molecule has 0 radical (unpaired) electrons. The Morgan fingerprint density at radius 2 is 1.76 bits per heavy atom. The van der Waals surface area contributed by atoms with Gasteiger partial charge >= 0.3 is 12.1 Å². The molecule has 17 heavy (non-hydrogen) atoms. The normalized spacial score (nSPS) is 14.5. The van der Waals surface area contributed by atoms with Crippen molar-refractivity contribution in [1.82, 2.24) is 0 Å². The minimum absolute atomic E-state index is 0.0276. The Morgan fingerprint density at radius 3 is 2.12 bits per heavy atom. The highest BCUT2D eigenvalue weighted by molar-refractivity contribution is 5.69. The molecule has 5 heteroatoms. The first kappa shape index (κ1) is 16.3. The number of carbonyl (C=O) groups excluding carboxylic acids is 1. The van der Waals surface area contributed by atoms with Crippen LogP contribution in [0.1, 0.15) is 53.4 Å². The lowest BCUT2D eigenvalue weighted by molar-refractivity contribution is -0.222. The largest absolute Gasteiger partial charge is 0.453 e. The van der Waals surface area contributed by atoms with Gasteiger partial charge in [-0.1, -0.05) is 34.1 Å². The van der Waals surface area contributed by atoms with Crippen LogP contribution in [-0.2, 0) is 9.53 Å². The highest BCUT2D eigenvalue weighted by Crippen LogP contribution is 2.27. The molecule has 0 aromatic heterocycles. The van der Waals surface area contributed by atoms with Crippen LogP contribution in [0, 0.1) is 5.41 Å². The third-order valence-electron chi connectivity index (χ3n) is 2.27. The molecule has 0 N–H and O–H groups in total. The van der Waals surface area contributed by atoms with E-state index in [1.54, 1.807) is 6.92 Å². The number of halogens is 3. The second-order valence-electron chi connectivity index (χ2n) is 5.37. The zero-order valence-corrected chi connectivity index (χ0v) is 10.9. The zero-order valence-electron chi connectivity index (χ0n) is 10.9. The number of carbonyl (C=O) groups is 1. The molecule has 0 aliphatic rings. The molecular formula is C12H21F3O2. The number of alkyl halides is 3. The van der Waals surface area contributed by atoms with Crippen molar-refractivity contribution in [2.75, 3.05) is 0 Å². The van der Waals surface area contributed by atoms with Crippen LogP contribution in [0.3, 0.4) is 0 Å². The molecule has 0 aromatic carbocycles. The van der Waals surface area contributed by atoms with Gasteiger partial charge in [0.05, 0.1) is 0 Å². The molecule has 1 unspecified atom stereocenters. The Kier molecular flexibility index (Phi) is 5.99. The van der Waals surface area contributed by atoms with E-state index in [4.69, 9.17) is 0 Å². The van der Waals surface area contributed by atoms with E-state index in [2.05, 4.69) is 4.74 Å². The average molecular weight is 254 g/mol. The van der Waals surface area contributed by atoms with E-state index in [9.17, 15) is 18.0 Å². The lowest BCUT2D eigenvalue weighted by Gasteiger charge is -2.22. The van der Waals surface area contributed by atoms with Crippen molar-refractivity contribution in [3.05, 3.63) is 0 Å². The third-order valence-corrected chi connectivity index (χ3v) is 2.27. The summed E-state index contributed by atoms with van der Waals surface area (Å²) >= 11 is 0. The molecule has 0 aliphatic carbocycles. The number of hydrogen-bond acceptors (Lipinski definition) is 2. The standard InChI is InChI=1S/C12H21F3O2/c1-5-6-9(12(13,14)15)17-10(16)7-8-11(2,3)4/h9H,5-8H2,1-4H3. The van der Waals surface area contributed by atoms with E-state index in [0.717, 1.165) is 0 Å². The molecule has 0 aromatic rings. The molecule has 0 fully saturated rings. The van der Waals surface area contributed by atoms with Crippen molar-refractivity contribution >= 4 is 5.97 Å². The predicted molar refractivity (Wildman–Crippen MR) is 59.5 cm³/mol. The van der Waals surface area contributed by atoms with Crippen LogP contribution in [-0.4, -0.2) is 18.2 Å². The van der Waals surface area contributed by atoms with Gasteiger partial charge < -0.3 is 4.74 Å². The Hall–Kier alpha value is -0.740. The number of rotatable bonds is 5. The first-order chi connectivity index (χ1) is 7.56. The summed E-state index contributed by atoms with van der Waals surface area (Å²) in [5.41, 5.74) is -0.0858. The molecule has 0 rings (SSSR count). The van der Waals surface area contributed by atoms with Gasteiger partial charge in [-0.3, -0.25) is 4.79 Å². The van der Waals surface area contributed by atoms with Crippen LogP contribution < -0.4 is 0 Å². The van der Waals surface area contributed by atoms with Gasteiger partial charge in [0.1, 0.15) is 0 Å². The van der Waals surface area contributed by atoms with Gasteiger partial charge in [-0.05, 0) is 18.3 Å². The highest BCUT2D eigenvalue weighted by atomic mass is 19.4. The summed E-state index contributed by atoms with van der Waals surface area (Å²) < 4.78 is 41.9. The number of esters is 1. The SMILES string of the molecule is CCCC(OC(=O)CCC(C)(C)C)C(F)(F)F. The smallest absolute Gasteiger partial charge is 0.425 e. The van der Waals surface area contributed by atoms with Crippen LogP contribution in [0.4, 0.5) is 13.2 Å². The second kappa shape index (κ2) is 6.26. The van der Waals surface area contributed by atoms with Gasteiger partial charge in [-0.25, -0.2) is 0 Å². The van der Waals surface area contributed by atoms with Gasteiger partial charge in [-0.15, -0.1) is 0 Å². The van der Waals surface area contributed by atoms with E-state index in [0.29, 0.717) is 12.8 Å². The molecule has 102 valence electrons. The van der Waals surface area contributed by atoms with E-state index in [1.165, 1.54) is 0 Å². The third kappa shape index (κ3) is 8.05. The van der Waals surface area contributed by atoms with Gasteiger partial charge in [0.2, 0.25) is 0 Å². The van der Waals surface area contributed by atoms with Crippen molar-refractivity contribution in [2.24, 2.45) is 5.41 Å². The minimum atomic E-state index is -4.46. The quantitative estimate of drug-likeness (QED) is 0.691. The maximum absolute atomic E-state index is 12.5. The van der Waals surface area contributed by atoms with Crippen LogP contribution in [0.2, 0.25) is 0 Å². The highest BCUT2D eigenvalue weighted by Gasteiger charge is 2.41. The van der Waals surface area contributed by atoms with E-state index in [1.807, 2.05) is 20.8 Å². The van der Waals surface area contributed by atoms with Crippen molar-refractivity contribution in [3.63, 3.8) is 0 Å². The Bertz CT molecular complexity index is 241. The van der Waals surface area contributed by atoms with Crippen molar-refractivity contribution < 1.29 is 22.7 Å². The fourth-order valence-corrected chi connectivity index (χ4v) is 1.25. The van der Waals surface area contributed by atoms with Crippen molar-refractivity contribution in [2.45, 2.75) is 65.7 Å². The lowest BCUT2D eigenvalue weighted by Crippen LogP contribution is -2.33. The van der Waals surface area contributed by atoms with Gasteiger partial charge in [0.15, 0.2) is 6.10 Å². The molecular weight excluding hydrogens is 233 g/mol. The van der Waals surface area contributed by atoms with Crippen LogP contribution >= 0.6 is 0 Å². The summed E-state index contributed by atoms with van der Waals surface area (Å²) in [5.74, 6) is -0.768.